The fourth-order valence-electron chi connectivity index (χ4n) is 3.01. The molecule has 1 aromatic rings. The predicted molar refractivity (Wildman–Crippen MR) is 84.9 cm³/mol. The molecule has 1 heterocycles. The Hall–Kier alpha value is -1.32. The molecule has 4 heteroatoms. The molecule has 1 aliphatic rings. The molecule has 1 saturated carbocycles. The van der Waals surface area contributed by atoms with Crippen LogP contribution < -0.4 is 11.1 Å². The van der Waals surface area contributed by atoms with Gasteiger partial charge in [-0.2, -0.15) is 0 Å². The largest absolute Gasteiger partial charge is 0.383 e. The van der Waals surface area contributed by atoms with E-state index in [1.54, 1.807) is 0 Å². The molecule has 20 heavy (non-hydrogen) atoms. The lowest BCUT2D eigenvalue weighted by Crippen LogP contribution is -2.32. The van der Waals surface area contributed by atoms with E-state index in [1.807, 2.05) is 6.92 Å². The molecular formula is C16H28N4. The quantitative estimate of drug-likeness (QED) is 0.876. The summed E-state index contributed by atoms with van der Waals surface area (Å²) in [7, 11) is 0. The molecule has 3 N–H and O–H groups in total. The van der Waals surface area contributed by atoms with Crippen molar-refractivity contribution < 1.29 is 0 Å². The van der Waals surface area contributed by atoms with E-state index in [9.17, 15) is 0 Å². The van der Waals surface area contributed by atoms with Crippen molar-refractivity contribution in [1.29, 1.82) is 0 Å². The Bertz CT molecular complexity index is 456. The van der Waals surface area contributed by atoms with Crippen LogP contribution in [0.1, 0.15) is 70.2 Å². The zero-order chi connectivity index (χ0) is 14.7. The SMILES string of the molecule is CCC1CCCCC1Nc1nc(C(C)C)nc(N)c1C. The van der Waals surface area contributed by atoms with Gasteiger partial charge in [0.2, 0.25) is 0 Å². The van der Waals surface area contributed by atoms with Crippen LogP contribution in [0.5, 0.6) is 0 Å². The van der Waals surface area contributed by atoms with E-state index in [0.717, 1.165) is 23.1 Å². The third-order valence-electron chi connectivity index (χ3n) is 4.47. The van der Waals surface area contributed by atoms with Crippen LogP contribution in [0.2, 0.25) is 0 Å². The van der Waals surface area contributed by atoms with Crippen LogP contribution in [0.4, 0.5) is 11.6 Å². The normalized spacial score (nSPS) is 23.1. The van der Waals surface area contributed by atoms with Crippen molar-refractivity contribution in [2.24, 2.45) is 5.92 Å². The Morgan fingerprint density at radius 2 is 1.95 bits per heavy atom. The third kappa shape index (κ3) is 3.22. The second-order valence-corrected chi connectivity index (χ2v) is 6.30. The maximum Gasteiger partial charge on any atom is 0.135 e. The molecule has 1 aliphatic carbocycles. The van der Waals surface area contributed by atoms with E-state index in [4.69, 9.17) is 10.7 Å². The lowest BCUT2D eigenvalue weighted by atomic mass is 9.83. The molecule has 4 nitrogen and oxygen atoms in total. The summed E-state index contributed by atoms with van der Waals surface area (Å²) in [4.78, 5) is 9.09. The summed E-state index contributed by atoms with van der Waals surface area (Å²) < 4.78 is 0. The molecule has 0 amide bonds. The Morgan fingerprint density at radius 3 is 2.60 bits per heavy atom. The maximum absolute atomic E-state index is 6.04. The van der Waals surface area contributed by atoms with Gasteiger partial charge in [-0.3, -0.25) is 0 Å². The van der Waals surface area contributed by atoms with Crippen LogP contribution in [-0.2, 0) is 0 Å². The van der Waals surface area contributed by atoms with E-state index >= 15 is 0 Å². The first-order valence-corrected chi connectivity index (χ1v) is 7.93. The summed E-state index contributed by atoms with van der Waals surface area (Å²) in [6.45, 7) is 8.49. The summed E-state index contributed by atoms with van der Waals surface area (Å²) in [5.41, 5.74) is 7.02. The standard InChI is InChI=1S/C16H28N4/c1-5-12-8-6-7-9-13(12)18-16-11(4)14(17)19-15(20-16)10(2)3/h10,12-13H,5-9H2,1-4H3,(H3,17,18,19,20). The predicted octanol–water partition coefficient (Wildman–Crippen LogP) is 3.87. The van der Waals surface area contributed by atoms with Crippen molar-refractivity contribution in [1.82, 2.24) is 9.97 Å². The van der Waals surface area contributed by atoms with Gasteiger partial charge in [0.15, 0.2) is 0 Å². The van der Waals surface area contributed by atoms with Gasteiger partial charge in [-0.15, -0.1) is 0 Å². The summed E-state index contributed by atoms with van der Waals surface area (Å²) in [5.74, 6) is 3.43. The molecule has 0 bridgehead atoms. The number of nitrogens with one attached hydrogen (secondary N) is 1. The van der Waals surface area contributed by atoms with Crippen LogP contribution >= 0.6 is 0 Å². The van der Waals surface area contributed by atoms with Gasteiger partial charge >= 0.3 is 0 Å². The average Bonchev–Trinajstić information content (AvgIpc) is 2.44. The highest BCUT2D eigenvalue weighted by Crippen LogP contribution is 2.30. The first-order valence-electron chi connectivity index (χ1n) is 7.93. The Kier molecular flexibility index (Phi) is 4.84. The summed E-state index contributed by atoms with van der Waals surface area (Å²) in [6, 6.07) is 0.529. The van der Waals surface area contributed by atoms with Crippen molar-refractivity contribution >= 4 is 11.6 Å². The van der Waals surface area contributed by atoms with E-state index in [2.05, 4.69) is 31.1 Å². The van der Waals surface area contributed by atoms with Gasteiger partial charge in [-0.05, 0) is 25.7 Å². The molecule has 1 fully saturated rings. The van der Waals surface area contributed by atoms with Crippen LogP contribution in [0.25, 0.3) is 0 Å². The molecule has 0 radical (unpaired) electrons. The third-order valence-corrected chi connectivity index (χ3v) is 4.47. The topological polar surface area (TPSA) is 63.8 Å². The number of hydrogen-bond acceptors (Lipinski definition) is 4. The van der Waals surface area contributed by atoms with Gasteiger partial charge in [-0.25, -0.2) is 9.97 Å². The molecule has 2 atom stereocenters. The second-order valence-electron chi connectivity index (χ2n) is 6.30. The fourth-order valence-corrected chi connectivity index (χ4v) is 3.01. The Morgan fingerprint density at radius 1 is 1.25 bits per heavy atom. The molecule has 2 rings (SSSR count). The molecule has 0 aliphatic heterocycles. The zero-order valence-electron chi connectivity index (χ0n) is 13.2. The van der Waals surface area contributed by atoms with Crippen LogP contribution in [-0.4, -0.2) is 16.0 Å². The van der Waals surface area contributed by atoms with Gasteiger partial charge in [0.25, 0.3) is 0 Å². The minimum absolute atomic E-state index is 0.298. The van der Waals surface area contributed by atoms with Crippen molar-refractivity contribution in [3.63, 3.8) is 0 Å². The molecule has 112 valence electrons. The molecule has 1 aromatic heterocycles. The van der Waals surface area contributed by atoms with Crippen molar-refractivity contribution in [2.75, 3.05) is 11.1 Å². The van der Waals surface area contributed by atoms with E-state index in [1.165, 1.54) is 32.1 Å². The summed E-state index contributed by atoms with van der Waals surface area (Å²) in [6.07, 6.45) is 6.46. The highest BCUT2D eigenvalue weighted by molar-refractivity contribution is 5.55. The van der Waals surface area contributed by atoms with E-state index in [0.29, 0.717) is 17.8 Å². The van der Waals surface area contributed by atoms with Crippen molar-refractivity contribution in [2.45, 2.75) is 71.8 Å². The first-order chi connectivity index (χ1) is 9.52. The van der Waals surface area contributed by atoms with Gasteiger partial charge in [0, 0.05) is 17.5 Å². The molecule has 0 spiro atoms. The number of nitrogens with two attached hydrogens (primary N) is 1. The number of hydrogen-bond donors (Lipinski definition) is 2. The summed E-state index contributed by atoms with van der Waals surface area (Å²) in [5, 5.41) is 3.66. The average molecular weight is 276 g/mol. The number of anilines is 2. The monoisotopic (exact) mass is 276 g/mol. The molecule has 0 aromatic carbocycles. The zero-order valence-corrected chi connectivity index (χ0v) is 13.2. The number of rotatable bonds is 4. The van der Waals surface area contributed by atoms with E-state index < -0.39 is 0 Å². The molecular weight excluding hydrogens is 248 g/mol. The van der Waals surface area contributed by atoms with Gasteiger partial charge < -0.3 is 11.1 Å². The van der Waals surface area contributed by atoms with Crippen LogP contribution in [0.3, 0.4) is 0 Å². The lowest BCUT2D eigenvalue weighted by molar-refractivity contribution is 0.316. The highest BCUT2D eigenvalue weighted by Gasteiger charge is 2.25. The first kappa shape index (κ1) is 15.1. The number of nitrogen functional groups attached to an aromatic ring is 1. The summed E-state index contributed by atoms with van der Waals surface area (Å²) >= 11 is 0. The number of nitrogens with zero attached hydrogens (tertiary/aromatic N) is 2. The Labute approximate surface area is 122 Å². The lowest BCUT2D eigenvalue weighted by Gasteiger charge is -2.32. The van der Waals surface area contributed by atoms with Crippen LogP contribution in [0, 0.1) is 12.8 Å². The Balaban J connectivity index is 2.23. The minimum Gasteiger partial charge on any atom is -0.383 e. The minimum atomic E-state index is 0.298. The highest BCUT2D eigenvalue weighted by atomic mass is 15.1. The second kappa shape index (κ2) is 6.42. The number of aromatic nitrogens is 2. The van der Waals surface area contributed by atoms with Gasteiger partial charge in [0.05, 0.1) is 0 Å². The maximum atomic E-state index is 6.04. The van der Waals surface area contributed by atoms with Crippen LogP contribution in [0.15, 0.2) is 0 Å². The van der Waals surface area contributed by atoms with Gasteiger partial charge in [0.1, 0.15) is 17.5 Å². The molecule has 0 saturated heterocycles. The van der Waals surface area contributed by atoms with Crippen molar-refractivity contribution in [3.05, 3.63) is 11.4 Å². The van der Waals surface area contributed by atoms with E-state index in [-0.39, 0.29) is 0 Å². The van der Waals surface area contributed by atoms with Crippen molar-refractivity contribution in [3.8, 4) is 0 Å². The fraction of sp³-hybridized carbons (Fsp3) is 0.750. The smallest absolute Gasteiger partial charge is 0.135 e. The van der Waals surface area contributed by atoms with Gasteiger partial charge in [-0.1, -0.05) is 40.0 Å². The molecule has 2 unspecified atom stereocenters.